The zero-order valence-electron chi connectivity index (χ0n) is 13.8. The summed E-state index contributed by atoms with van der Waals surface area (Å²) in [6.07, 6.45) is 1.01. The summed E-state index contributed by atoms with van der Waals surface area (Å²) in [6, 6.07) is 14.5. The van der Waals surface area contributed by atoms with Crippen LogP contribution in [0, 0.1) is 0 Å². The first-order valence-corrected chi connectivity index (χ1v) is 11.7. The molecule has 0 aliphatic rings. The molecule has 1 aromatic carbocycles. The molecule has 0 amide bonds. The van der Waals surface area contributed by atoms with Gasteiger partial charge in [-0.3, -0.25) is 0 Å². The summed E-state index contributed by atoms with van der Waals surface area (Å²) in [7, 11) is 0. The van der Waals surface area contributed by atoms with E-state index in [0.29, 0.717) is 0 Å². The zero-order valence-corrected chi connectivity index (χ0v) is 17.1. The van der Waals surface area contributed by atoms with Gasteiger partial charge >= 0.3 is 0 Å². The van der Waals surface area contributed by atoms with E-state index in [1.54, 1.807) is 45.8 Å². The summed E-state index contributed by atoms with van der Waals surface area (Å²) in [5.41, 5.74) is 2.25. The standard InChI is InChI=1S/C18H16N4S4/c1-2-5-13(6-3-1)16-20-14(11-24-16)12-25-18-22-21-17(26-18)19-9-8-15-7-4-10-23-15/h1-7,10-11H,8-9,12H2,(H,19,21). The second-order valence-electron chi connectivity index (χ2n) is 5.43. The number of nitrogens with zero attached hydrogens (tertiary/aromatic N) is 3. The highest BCUT2D eigenvalue weighted by atomic mass is 32.2. The van der Waals surface area contributed by atoms with Crippen LogP contribution in [-0.2, 0) is 12.2 Å². The van der Waals surface area contributed by atoms with Crippen LogP contribution < -0.4 is 5.32 Å². The second kappa shape index (κ2) is 8.77. The molecule has 1 N–H and O–H groups in total. The molecule has 0 unspecified atom stereocenters. The van der Waals surface area contributed by atoms with Gasteiger partial charge in [0.25, 0.3) is 0 Å². The maximum absolute atomic E-state index is 4.72. The molecule has 3 heterocycles. The summed E-state index contributed by atoms with van der Waals surface area (Å²) in [6.45, 7) is 0.881. The molecular weight excluding hydrogens is 400 g/mol. The second-order valence-corrected chi connectivity index (χ2v) is 9.52. The van der Waals surface area contributed by atoms with Crippen molar-refractivity contribution in [1.82, 2.24) is 15.2 Å². The van der Waals surface area contributed by atoms with Gasteiger partial charge in [-0.2, -0.15) is 0 Å². The van der Waals surface area contributed by atoms with Gasteiger partial charge in [0.15, 0.2) is 4.34 Å². The number of benzene rings is 1. The minimum Gasteiger partial charge on any atom is -0.360 e. The number of thioether (sulfide) groups is 1. The van der Waals surface area contributed by atoms with Crippen LogP contribution in [0.25, 0.3) is 10.6 Å². The molecule has 0 aliphatic carbocycles. The summed E-state index contributed by atoms with van der Waals surface area (Å²) in [4.78, 5) is 6.10. The van der Waals surface area contributed by atoms with Gasteiger partial charge in [0.1, 0.15) is 5.01 Å². The molecule has 132 valence electrons. The molecule has 3 aromatic heterocycles. The van der Waals surface area contributed by atoms with Crippen LogP contribution in [0.1, 0.15) is 10.6 Å². The van der Waals surface area contributed by atoms with E-state index in [0.717, 1.165) is 38.9 Å². The molecule has 4 aromatic rings. The average Bonchev–Trinajstić information content (AvgIpc) is 3.43. The maximum atomic E-state index is 4.72. The Kier molecular flexibility index (Phi) is 5.96. The fraction of sp³-hybridized carbons (Fsp3) is 0.167. The van der Waals surface area contributed by atoms with Crippen molar-refractivity contribution in [2.75, 3.05) is 11.9 Å². The van der Waals surface area contributed by atoms with E-state index in [4.69, 9.17) is 4.98 Å². The van der Waals surface area contributed by atoms with Crippen LogP contribution in [0.2, 0.25) is 0 Å². The lowest BCUT2D eigenvalue weighted by atomic mass is 10.2. The number of anilines is 1. The Morgan fingerprint density at radius 2 is 1.92 bits per heavy atom. The van der Waals surface area contributed by atoms with Crippen molar-refractivity contribution in [3.8, 4) is 10.6 Å². The normalized spacial score (nSPS) is 10.9. The van der Waals surface area contributed by atoms with Gasteiger partial charge in [0, 0.05) is 28.1 Å². The topological polar surface area (TPSA) is 50.7 Å². The Bertz CT molecular complexity index is 931. The van der Waals surface area contributed by atoms with Crippen LogP contribution in [0.4, 0.5) is 5.13 Å². The SMILES string of the molecule is c1ccc(-c2nc(CSc3nnc(NCCc4cccs4)s3)cs2)cc1. The molecule has 0 radical (unpaired) electrons. The molecule has 4 rings (SSSR count). The summed E-state index contributed by atoms with van der Waals surface area (Å²) < 4.78 is 0.970. The maximum Gasteiger partial charge on any atom is 0.206 e. The first-order valence-electron chi connectivity index (χ1n) is 8.09. The minimum atomic E-state index is 0.813. The number of hydrogen-bond donors (Lipinski definition) is 1. The van der Waals surface area contributed by atoms with E-state index >= 15 is 0 Å². The molecule has 0 saturated carbocycles. The number of thiophene rings is 1. The lowest BCUT2D eigenvalue weighted by molar-refractivity contribution is 0.979. The van der Waals surface area contributed by atoms with E-state index in [-0.39, 0.29) is 0 Å². The highest BCUT2D eigenvalue weighted by Gasteiger charge is 2.08. The fourth-order valence-corrected chi connectivity index (χ4v) is 5.62. The highest BCUT2D eigenvalue weighted by Crippen LogP contribution is 2.30. The predicted molar refractivity (Wildman–Crippen MR) is 114 cm³/mol. The Morgan fingerprint density at radius 3 is 2.77 bits per heavy atom. The molecule has 0 bridgehead atoms. The van der Waals surface area contributed by atoms with Gasteiger partial charge in [0.05, 0.1) is 5.69 Å². The Labute approximate surface area is 168 Å². The van der Waals surface area contributed by atoms with Gasteiger partial charge in [0.2, 0.25) is 5.13 Å². The largest absolute Gasteiger partial charge is 0.360 e. The number of rotatable bonds is 8. The minimum absolute atomic E-state index is 0.813. The summed E-state index contributed by atoms with van der Waals surface area (Å²) in [5, 5.41) is 18.0. The lowest BCUT2D eigenvalue weighted by Gasteiger charge is -1.99. The molecule has 0 spiro atoms. The first-order chi connectivity index (χ1) is 12.9. The summed E-state index contributed by atoms with van der Waals surface area (Å²) >= 11 is 6.76. The van der Waals surface area contributed by atoms with Gasteiger partial charge < -0.3 is 5.32 Å². The predicted octanol–water partition coefficient (Wildman–Crippen LogP) is 5.67. The van der Waals surface area contributed by atoms with Gasteiger partial charge in [-0.05, 0) is 17.9 Å². The van der Waals surface area contributed by atoms with Crippen LogP contribution >= 0.6 is 45.8 Å². The monoisotopic (exact) mass is 416 g/mol. The van der Waals surface area contributed by atoms with Crippen molar-refractivity contribution in [1.29, 1.82) is 0 Å². The average molecular weight is 417 g/mol. The van der Waals surface area contributed by atoms with E-state index in [1.807, 2.05) is 18.2 Å². The first kappa shape index (κ1) is 17.7. The quantitative estimate of drug-likeness (QED) is 0.375. The van der Waals surface area contributed by atoms with E-state index in [9.17, 15) is 0 Å². The van der Waals surface area contributed by atoms with Gasteiger partial charge in [-0.1, -0.05) is 59.5 Å². The van der Waals surface area contributed by atoms with Crippen LogP contribution in [0.3, 0.4) is 0 Å². The van der Waals surface area contributed by atoms with Crippen LogP contribution in [0.5, 0.6) is 0 Å². The van der Waals surface area contributed by atoms with Crippen molar-refractivity contribution in [2.24, 2.45) is 0 Å². The Morgan fingerprint density at radius 1 is 1.00 bits per heavy atom. The van der Waals surface area contributed by atoms with Crippen molar-refractivity contribution in [3.63, 3.8) is 0 Å². The number of nitrogens with one attached hydrogen (secondary N) is 1. The Balaban J connectivity index is 1.27. The highest BCUT2D eigenvalue weighted by molar-refractivity contribution is 8.00. The smallest absolute Gasteiger partial charge is 0.206 e. The van der Waals surface area contributed by atoms with Gasteiger partial charge in [-0.15, -0.1) is 32.9 Å². The molecule has 0 atom stereocenters. The molecule has 0 saturated heterocycles. The number of hydrogen-bond acceptors (Lipinski definition) is 8. The number of aromatic nitrogens is 3. The van der Waals surface area contributed by atoms with E-state index < -0.39 is 0 Å². The van der Waals surface area contributed by atoms with Crippen LogP contribution in [0.15, 0.2) is 57.6 Å². The molecular formula is C18H16N4S4. The van der Waals surface area contributed by atoms with Crippen molar-refractivity contribution < 1.29 is 0 Å². The third-order valence-corrected chi connectivity index (χ3v) is 7.47. The number of thiazole rings is 1. The summed E-state index contributed by atoms with van der Waals surface area (Å²) in [5.74, 6) is 0.813. The zero-order chi connectivity index (χ0) is 17.6. The van der Waals surface area contributed by atoms with Crippen LogP contribution in [-0.4, -0.2) is 21.7 Å². The molecule has 8 heteroatoms. The fourth-order valence-electron chi connectivity index (χ4n) is 2.31. The van der Waals surface area contributed by atoms with Crippen molar-refractivity contribution >= 4 is 50.9 Å². The van der Waals surface area contributed by atoms with Crippen molar-refractivity contribution in [2.45, 2.75) is 16.5 Å². The molecule has 0 aliphatic heterocycles. The van der Waals surface area contributed by atoms with E-state index in [2.05, 4.69) is 50.5 Å². The lowest BCUT2D eigenvalue weighted by Crippen LogP contribution is -2.03. The van der Waals surface area contributed by atoms with Gasteiger partial charge in [-0.25, -0.2) is 4.98 Å². The third kappa shape index (κ3) is 4.70. The molecule has 4 nitrogen and oxygen atoms in total. The third-order valence-electron chi connectivity index (χ3n) is 3.55. The van der Waals surface area contributed by atoms with E-state index in [1.165, 1.54) is 10.4 Å². The molecule has 26 heavy (non-hydrogen) atoms. The molecule has 0 fully saturated rings. The van der Waals surface area contributed by atoms with Crippen molar-refractivity contribution in [3.05, 3.63) is 63.8 Å². The Hall–Kier alpha value is -1.74.